The van der Waals surface area contributed by atoms with E-state index in [9.17, 15) is 9.59 Å². The molecule has 2 N–H and O–H groups in total. The molecule has 0 saturated heterocycles. The molecule has 3 rings (SSSR count). The number of benzene rings is 2. The number of Topliss-reactive ketones (excluding diaryl/α,β-unsaturated/α-hetero) is 1. The smallest absolute Gasteiger partial charge is 0.258 e. The highest BCUT2D eigenvalue weighted by Crippen LogP contribution is 2.26. The molecule has 7 nitrogen and oxygen atoms in total. The van der Waals surface area contributed by atoms with E-state index < -0.39 is 12.0 Å². The molecule has 0 aliphatic rings. The fraction of sp³-hybridized carbons (Fsp3) is 0.182. The summed E-state index contributed by atoms with van der Waals surface area (Å²) in [5.74, 6) is 0.905. The van der Waals surface area contributed by atoms with Crippen LogP contribution in [0.15, 0.2) is 54.6 Å². The maximum absolute atomic E-state index is 11.8. The van der Waals surface area contributed by atoms with Crippen LogP contribution in [0.5, 0.6) is 17.4 Å². The van der Waals surface area contributed by atoms with E-state index >= 15 is 0 Å². The Hall–Kier alpha value is -3.74. The van der Waals surface area contributed by atoms with Crippen LogP contribution in [-0.4, -0.2) is 27.8 Å². The van der Waals surface area contributed by atoms with Crippen LogP contribution in [0.1, 0.15) is 29.9 Å². The monoisotopic (exact) mass is 391 g/mol. The third-order valence-electron chi connectivity index (χ3n) is 4.13. The molecule has 7 heteroatoms. The minimum atomic E-state index is -0.886. The number of rotatable bonds is 7. The highest BCUT2D eigenvalue weighted by molar-refractivity contribution is 5.92. The van der Waals surface area contributed by atoms with Crippen molar-refractivity contribution in [3.8, 4) is 28.8 Å². The second-order valence-corrected chi connectivity index (χ2v) is 6.57. The van der Waals surface area contributed by atoms with E-state index in [1.807, 2.05) is 31.2 Å². The Balaban J connectivity index is 1.86. The maximum atomic E-state index is 11.8. The normalized spacial score (nSPS) is 11.6. The largest absolute Gasteiger partial charge is 0.464 e. The number of ketones is 1. The molecule has 0 saturated carbocycles. The van der Waals surface area contributed by atoms with Crippen molar-refractivity contribution < 1.29 is 19.1 Å². The Morgan fingerprint density at radius 2 is 1.55 bits per heavy atom. The highest BCUT2D eigenvalue weighted by Gasteiger charge is 2.15. The van der Waals surface area contributed by atoms with Crippen molar-refractivity contribution >= 4 is 11.7 Å². The number of carbonyl (C=O) groups excluding carboxylic acids is 2. The Morgan fingerprint density at radius 3 is 2.10 bits per heavy atom. The van der Waals surface area contributed by atoms with Gasteiger partial charge in [-0.15, -0.1) is 0 Å². The number of aromatic nitrogens is 2. The molecule has 3 aromatic rings. The first kappa shape index (κ1) is 20.0. The molecule has 29 heavy (non-hydrogen) atoms. The molecule has 1 atom stereocenters. The first-order valence-electron chi connectivity index (χ1n) is 9.03. The lowest BCUT2D eigenvalue weighted by atomic mass is 10.2. The Labute approximate surface area is 168 Å². The molecular formula is C22H21N3O4. The van der Waals surface area contributed by atoms with Gasteiger partial charge in [-0.05, 0) is 50.2 Å². The number of nitrogens with two attached hydrogens (primary N) is 1. The van der Waals surface area contributed by atoms with E-state index in [0.29, 0.717) is 17.1 Å². The Bertz CT molecular complexity index is 1030. The van der Waals surface area contributed by atoms with Crippen molar-refractivity contribution in [3.63, 3.8) is 0 Å². The summed E-state index contributed by atoms with van der Waals surface area (Å²) >= 11 is 0. The second kappa shape index (κ2) is 8.52. The van der Waals surface area contributed by atoms with Gasteiger partial charge in [0.15, 0.2) is 17.7 Å². The average Bonchev–Trinajstić information content (AvgIpc) is 2.70. The number of primary amides is 1. The zero-order valence-electron chi connectivity index (χ0n) is 16.4. The molecular weight excluding hydrogens is 370 g/mol. The maximum Gasteiger partial charge on any atom is 0.258 e. The van der Waals surface area contributed by atoms with E-state index in [0.717, 1.165) is 11.3 Å². The van der Waals surface area contributed by atoms with Crippen LogP contribution >= 0.6 is 0 Å². The van der Waals surface area contributed by atoms with Crippen LogP contribution in [0, 0.1) is 6.92 Å². The van der Waals surface area contributed by atoms with Crippen molar-refractivity contribution in [1.29, 1.82) is 0 Å². The lowest BCUT2D eigenvalue weighted by Gasteiger charge is -2.12. The SMILES string of the molecule is CC(=O)c1cc(O[C@@H](C)C(N)=O)nc(-c2ccc(Oc3ccc(C)cc3)cc2)n1. The van der Waals surface area contributed by atoms with Gasteiger partial charge in [0.05, 0.1) is 0 Å². The molecule has 0 unspecified atom stereocenters. The fourth-order valence-corrected chi connectivity index (χ4v) is 2.45. The minimum absolute atomic E-state index is 0.103. The zero-order chi connectivity index (χ0) is 21.0. The number of hydrogen-bond acceptors (Lipinski definition) is 6. The zero-order valence-corrected chi connectivity index (χ0v) is 16.4. The van der Waals surface area contributed by atoms with Crippen LogP contribution in [0.25, 0.3) is 11.4 Å². The fourth-order valence-electron chi connectivity index (χ4n) is 2.45. The number of aryl methyl sites for hydroxylation is 1. The van der Waals surface area contributed by atoms with Crippen LogP contribution in [0.2, 0.25) is 0 Å². The lowest BCUT2D eigenvalue weighted by Crippen LogP contribution is -2.31. The van der Waals surface area contributed by atoms with Gasteiger partial charge < -0.3 is 15.2 Å². The minimum Gasteiger partial charge on any atom is -0.464 e. The van der Waals surface area contributed by atoms with E-state index in [2.05, 4.69) is 9.97 Å². The topological polar surface area (TPSA) is 104 Å². The molecule has 1 amide bonds. The first-order valence-corrected chi connectivity index (χ1v) is 9.03. The molecule has 0 aliphatic heterocycles. The van der Waals surface area contributed by atoms with Gasteiger partial charge in [-0.25, -0.2) is 4.98 Å². The van der Waals surface area contributed by atoms with Gasteiger partial charge in [-0.3, -0.25) is 9.59 Å². The summed E-state index contributed by atoms with van der Waals surface area (Å²) in [5.41, 5.74) is 7.23. The molecule has 1 heterocycles. The highest BCUT2D eigenvalue weighted by atomic mass is 16.5. The van der Waals surface area contributed by atoms with E-state index in [1.165, 1.54) is 19.9 Å². The number of nitrogens with zero attached hydrogens (tertiary/aromatic N) is 2. The summed E-state index contributed by atoms with van der Waals surface area (Å²) in [6.07, 6.45) is -0.886. The first-order chi connectivity index (χ1) is 13.8. The van der Waals surface area contributed by atoms with Gasteiger partial charge in [0.2, 0.25) is 5.88 Å². The van der Waals surface area contributed by atoms with Gasteiger partial charge >= 0.3 is 0 Å². The third-order valence-corrected chi connectivity index (χ3v) is 4.13. The van der Waals surface area contributed by atoms with Gasteiger partial charge in [0.25, 0.3) is 5.91 Å². The molecule has 0 spiro atoms. The number of hydrogen-bond donors (Lipinski definition) is 1. The van der Waals surface area contributed by atoms with Crippen LogP contribution < -0.4 is 15.2 Å². The molecule has 0 bridgehead atoms. The molecule has 2 aromatic carbocycles. The van der Waals surface area contributed by atoms with Crippen molar-refractivity contribution in [2.75, 3.05) is 0 Å². The van der Waals surface area contributed by atoms with Crippen molar-refractivity contribution in [2.24, 2.45) is 5.73 Å². The van der Waals surface area contributed by atoms with Gasteiger partial charge in [-0.2, -0.15) is 4.98 Å². The molecule has 0 aliphatic carbocycles. The van der Waals surface area contributed by atoms with Crippen molar-refractivity contribution in [2.45, 2.75) is 26.9 Å². The van der Waals surface area contributed by atoms with E-state index in [1.54, 1.807) is 24.3 Å². The number of carbonyl (C=O) groups is 2. The summed E-state index contributed by atoms with van der Waals surface area (Å²) in [4.78, 5) is 31.7. The second-order valence-electron chi connectivity index (χ2n) is 6.57. The summed E-state index contributed by atoms with van der Waals surface area (Å²) in [7, 11) is 0. The third kappa shape index (κ3) is 5.16. The van der Waals surface area contributed by atoms with E-state index in [4.69, 9.17) is 15.2 Å². The Kier molecular flexibility index (Phi) is 5.87. The van der Waals surface area contributed by atoms with Crippen LogP contribution in [0.3, 0.4) is 0 Å². The predicted octanol–water partition coefficient (Wildman–Crippen LogP) is 3.70. The molecule has 0 fully saturated rings. The number of ether oxygens (including phenoxy) is 2. The van der Waals surface area contributed by atoms with Gasteiger partial charge in [0.1, 0.15) is 17.2 Å². The van der Waals surface area contributed by atoms with Crippen molar-refractivity contribution in [1.82, 2.24) is 9.97 Å². The summed E-state index contributed by atoms with van der Waals surface area (Å²) in [6.45, 7) is 4.91. The molecule has 1 aromatic heterocycles. The summed E-state index contributed by atoms with van der Waals surface area (Å²) in [6, 6.07) is 16.3. The Morgan fingerprint density at radius 1 is 0.966 bits per heavy atom. The lowest BCUT2D eigenvalue weighted by molar-refractivity contribution is -0.124. The molecule has 148 valence electrons. The number of amides is 1. The average molecular weight is 391 g/mol. The molecule has 0 radical (unpaired) electrons. The summed E-state index contributed by atoms with van der Waals surface area (Å²) in [5, 5.41) is 0. The van der Waals surface area contributed by atoms with E-state index in [-0.39, 0.29) is 17.4 Å². The predicted molar refractivity (Wildman–Crippen MR) is 108 cm³/mol. The van der Waals surface area contributed by atoms with Crippen molar-refractivity contribution in [3.05, 3.63) is 65.9 Å². The van der Waals surface area contributed by atoms with Gasteiger partial charge in [0, 0.05) is 18.6 Å². The van der Waals surface area contributed by atoms with Crippen LogP contribution in [0.4, 0.5) is 0 Å². The van der Waals surface area contributed by atoms with Gasteiger partial charge in [-0.1, -0.05) is 17.7 Å². The van der Waals surface area contributed by atoms with Crippen LogP contribution in [-0.2, 0) is 4.79 Å². The standard InChI is InChI=1S/C22H21N3O4/c1-13-4-8-17(9-5-13)29-18-10-6-16(7-11-18)22-24-19(14(2)26)12-20(25-22)28-15(3)21(23)27/h4-12,15H,1-3H3,(H2,23,27)/t15-/m0/s1. The summed E-state index contributed by atoms with van der Waals surface area (Å²) < 4.78 is 11.3. The quantitative estimate of drug-likeness (QED) is 0.616.